The second-order valence-electron chi connectivity index (χ2n) is 8.65. The van der Waals surface area contributed by atoms with Crippen molar-refractivity contribution < 1.29 is 17.9 Å². The van der Waals surface area contributed by atoms with E-state index in [2.05, 4.69) is 26.7 Å². The van der Waals surface area contributed by atoms with Crippen LogP contribution in [0.3, 0.4) is 0 Å². The molecule has 174 valence electrons. The Balaban J connectivity index is 1.20. The van der Waals surface area contributed by atoms with Gasteiger partial charge in [0.15, 0.2) is 5.84 Å². The van der Waals surface area contributed by atoms with Crippen molar-refractivity contribution in [2.24, 2.45) is 10.3 Å². The number of nitrogens with zero attached hydrogens (tertiary/aromatic N) is 3. The second kappa shape index (κ2) is 9.15. The molecule has 0 radical (unpaired) electrons. The molecule has 1 unspecified atom stereocenters. The number of likely N-dealkylation sites (tertiary alicyclic amines) is 1. The van der Waals surface area contributed by atoms with Crippen LogP contribution in [0, 0.1) is 5.92 Å². The van der Waals surface area contributed by atoms with Gasteiger partial charge in [0, 0.05) is 44.0 Å². The first-order valence-electron chi connectivity index (χ1n) is 11.4. The highest BCUT2D eigenvalue weighted by molar-refractivity contribution is 7.90. The normalized spacial score (nSPS) is 21.9. The van der Waals surface area contributed by atoms with Gasteiger partial charge in [0.1, 0.15) is 4.90 Å². The number of piperidine rings is 1. The molecule has 5 rings (SSSR count). The molecule has 9 heteroatoms. The first-order valence-corrected chi connectivity index (χ1v) is 12.8. The number of amidine groups is 1. The highest BCUT2D eigenvalue weighted by Gasteiger charge is 2.35. The van der Waals surface area contributed by atoms with Crippen LogP contribution in [0.25, 0.3) is 0 Å². The molecular weight excluding hydrogens is 440 g/mol. The second-order valence-corrected chi connectivity index (χ2v) is 10.2. The summed E-state index contributed by atoms with van der Waals surface area (Å²) < 4.78 is 34.2. The number of amides is 1. The highest BCUT2D eigenvalue weighted by atomic mass is 32.2. The van der Waals surface area contributed by atoms with Crippen molar-refractivity contribution >= 4 is 27.5 Å². The summed E-state index contributed by atoms with van der Waals surface area (Å²) in [6, 6.07) is 15.2. The van der Waals surface area contributed by atoms with Gasteiger partial charge in [0.2, 0.25) is 5.91 Å². The third-order valence-electron chi connectivity index (χ3n) is 6.48. The number of benzene rings is 2. The molecule has 1 amide bonds. The maximum Gasteiger partial charge on any atom is 0.285 e. The summed E-state index contributed by atoms with van der Waals surface area (Å²) >= 11 is 0. The van der Waals surface area contributed by atoms with Crippen molar-refractivity contribution in [3.63, 3.8) is 0 Å². The SMILES string of the molecule is O=C(NCc1ccc(N2CCOCC2)cc1)C1CCCN(C2=NS(=O)(=O)c3ccccc32)C1. The van der Waals surface area contributed by atoms with Crippen LogP contribution in [0.15, 0.2) is 57.8 Å². The van der Waals surface area contributed by atoms with Gasteiger partial charge < -0.3 is 19.9 Å². The number of carbonyl (C=O) groups excluding carboxylic acids is 1. The Morgan fingerprint density at radius 3 is 2.58 bits per heavy atom. The van der Waals surface area contributed by atoms with Gasteiger partial charge in [-0.3, -0.25) is 4.79 Å². The van der Waals surface area contributed by atoms with Crippen molar-refractivity contribution in [1.82, 2.24) is 10.2 Å². The Morgan fingerprint density at radius 2 is 1.79 bits per heavy atom. The third kappa shape index (κ3) is 4.60. The van der Waals surface area contributed by atoms with Crippen molar-refractivity contribution in [3.8, 4) is 0 Å². The van der Waals surface area contributed by atoms with Gasteiger partial charge in [0.05, 0.1) is 19.1 Å². The first kappa shape index (κ1) is 21.9. The van der Waals surface area contributed by atoms with Gasteiger partial charge in [-0.1, -0.05) is 24.3 Å². The number of ether oxygens (including phenoxy) is 1. The molecule has 2 fully saturated rings. The van der Waals surface area contributed by atoms with E-state index in [0.717, 1.165) is 44.7 Å². The molecule has 0 saturated carbocycles. The molecule has 0 bridgehead atoms. The minimum atomic E-state index is -3.66. The average Bonchev–Trinajstić information content (AvgIpc) is 3.14. The van der Waals surface area contributed by atoms with Crippen molar-refractivity contribution in [3.05, 3.63) is 59.7 Å². The predicted octanol–water partition coefficient (Wildman–Crippen LogP) is 2.00. The van der Waals surface area contributed by atoms with Crippen molar-refractivity contribution in [2.75, 3.05) is 44.3 Å². The smallest absolute Gasteiger partial charge is 0.285 e. The molecule has 2 saturated heterocycles. The number of rotatable bonds is 4. The zero-order valence-corrected chi connectivity index (χ0v) is 19.3. The van der Waals surface area contributed by atoms with E-state index in [1.54, 1.807) is 18.2 Å². The molecular formula is C24H28N4O4S. The molecule has 33 heavy (non-hydrogen) atoms. The molecule has 1 atom stereocenters. The quantitative estimate of drug-likeness (QED) is 0.738. The van der Waals surface area contributed by atoms with Crippen molar-refractivity contribution in [1.29, 1.82) is 0 Å². The van der Waals surface area contributed by atoms with E-state index in [1.165, 1.54) is 5.69 Å². The van der Waals surface area contributed by atoms with Crippen LogP contribution in [0.2, 0.25) is 0 Å². The maximum absolute atomic E-state index is 12.9. The molecule has 1 N–H and O–H groups in total. The average molecular weight is 469 g/mol. The van der Waals surface area contributed by atoms with Crippen LogP contribution in [-0.2, 0) is 26.1 Å². The lowest BCUT2D eigenvalue weighted by Gasteiger charge is -2.33. The van der Waals surface area contributed by atoms with E-state index >= 15 is 0 Å². The zero-order chi connectivity index (χ0) is 22.8. The van der Waals surface area contributed by atoms with Gasteiger partial charge in [-0.25, -0.2) is 0 Å². The molecule has 3 heterocycles. The number of carbonyl (C=O) groups is 1. The summed E-state index contributed by atoms with van der Waals surface area (Å²) in [4.78, 5) is 17.4. The van der Waals surface area contributed by atoms with Gasteiger partial charge in [-0.15, -0.1) is 4.40 Å². The van der Waals surface area contributed by atoms with Crippen molar-refractivity contribution in [2.45, 2.75) is 24.3 Å². The number of morpholine rings is 1. The molecule has 0 aromatic heterocycles. The Labute approximate surface area is 194 Å². The van der Waals surface area contributed by atoms with E-state index in [4.69, 9.17) is 4.74 Å². The molecule has 3 aliphatic rings. The minimum Gasteiger partial charge on any atom is -0.378 e. The predicted molar refractivity (Wildman–Crippen MR) is 126 cm³/mol. The monoisotopic (exact) mass is 468 g/mol. The highest BCUT2D eigenvalue weighted by Crippen LogP contribution is 2.29. The van der Waals surface area contributed by atoms with Gasteiger partial charge >= 0.3 is 0 Å². The van der Waals surface area contributed by atoms with Crippen LogP contribution < -0.4 is 10.2 Å². The number of hydrogen-bond donors (Lipinski definition) is 1. The van der Waals surface area contributed by atoms with Gasteiger partial charge in [-0.05, 0) is 42.7 Å². The molecule has 0 spiro atoms. The van der Waals surface area contributed by atoms with E-state index in [-0.39, 0.29) is 16.7 Å². The summed E-state index contributed by atoms with van der Waals surface area (Å²) in [5, 5.41) is 3.06. The minimum absolute atomic E-state index is 0.00769. The number of anilines is 1. The first-order chi connectivity index (χ1) is 16.0. The number of sulfonamides is 1. The summed E-state index contributed by atoms with van der Waals surface area (Å²) in [7, 11) is -3.66. The van der Waals surface area contributed by atoms with Crippen LogP contribution in [-0.4, -0.2) is 64.5 Å². The largest absolute Gasteiger partial charge is 0.378 e. The molecule has 2 aromatic carbocycles. The Hall–Kier alpha value is -2.91. The van der Waals surface area contributed by atoms with Crippen LogP contribution in [0.4, 0.5) is 5.69 Å². The summed E-state index contributed by atoms with van der Waals surface area (Å²) in [6.45, 7) is 4.91. The van der Waals surface area contributed by atoms with Crippen LogP contribution in [0.5, 0.6) is 0 Å². The molecule has 0 aliphatic carbocycles. The molecule has 2 aromatic rings. The lowest BCUT2D eigenvalue weighted by atomic mass is 9.96. The lowest BCUT2D eigenvalue weighted by molar-refractivity contribution is -0.126. The molecule has 8 nitrogen and oxygen atoms in total. The van der Waals surface area contributed by atoms with Crippen LogP contribution in [0.1, 0.15) is 24.0 Å². The number of fused-ring (bicyclic) bond motifs is 1. The van der Waals surface area contributed by atoms with E-state index < -0.39 is 10.0 Å². The van der Waals surface area contributed by atoms with Gasteiger partial charge in [-0.2, -0.15) is 8.42 Å². The molecule has 3 aliphatic heterocycles. The lowest BCUT2D eigenvalue weighted by Crippen LogP contribution is -2.45. The Kier molecular flexibility index (Phi) is 6.07. The summed E-state index contributed by atoms with van der Waals surface area (Å²) in [5.41, 5.74) is 2.84. The van der Waals surface area contributed by atoms with E-state index in [1.807, 2.05) is 23.1 Å². The van der Waals surface area contributed by atoms with E-state index in [9.17, 15) is 13.2 Å². The maximum atomic E-state index is 12.9. The summed E-state index contributed by atoms with van der Waals surface area (Å²) in [6.07, 6.45) is 1.59. The topological polar surface area (TPSA) is 91.3 Å². The Morgan fingerprint density at radius 1 is 1.03 bits per heavy atom. The third-order valence-corrected chi connectivity index (χ3v) is 7.81. The zero-order valence-electron chi connectivity index (χ0n) is 18.4. The fourth-order valence-corrected chi connectivity index (χ4v) is 5.91. The summed E-state index contributed by atoms with van der Waals surface area (Å²) in [5.74, 6) is 0.248. The van der Waals surface area contributed by atoms with Crippen LogP contribution >= 0.6 is 0 Å². The standard InChI is InChI=1S/C24H28N4O4S/c29-24(25-16-18-7-9-20(10-8-18)27-12-14-32-15-13-27)19-4-3-11-28(17-19)23-21-5-1-2-6-22(21)33(30,31)26-23/h1-2,5-10,19H,3-4,11-17H2,(H,25,29). The van der Waals surface area contributed by atoms with Gasteiger partial charge in [0.25, 0.3) is 10.0 Å². The fourth-order valence-electron chi connectivity index (χ4n) is 4.68. The fraction of sp³-hybridized carbons (Fsp3) is 0.417. The van der Waals surface area contributed by atoms with E-state index in [0.29, 0.717) is 31.0 Å². The number of nitrogens with one attached hydrogen (secondary N) is 1. The number of hydrogen-bond acceptors (Lipinski definition) is 6. The Bertz CT molecular complexity index is 1160.